The topological polar surface area (TPSA) is 42.9 Å². The van der Waals surface area contributed by atoms with E-state index in [9.17, 15) is 0 Å². The van der Waals surface area contributed by atoms with Crippen LogP contribution in [0.25, 0.3) is 0 Å². The van der Waals surface area contributed by atoms with Crippen molar-refractivity contribution in [3.05, 3.63) is 29.3 Å². The number of rotatable bonds is 6. The standard InChI is InChI=1S/C21H34ClN5.HI/c1-3-23-21(24-11-7-17-8-12-26(2)13-9-17)25-19-10-14-27(16-19)20-6-4-5-18(22)15-20;/h4-6,15,17,19H,3,7-14,16H2,1-2H3,(H2,23,24,25);1H. The molecule has 2 heterocycles. The van der Waals surface area contributed by atoms with E-state index < -0.39 is 0 Å². The van der Waals surface area contributed by atoms with Gasteiger partial charge >= 0.3 is 0 Å². The van der Waals surface area contributed by atoms with E-state index in [0.717, 1.165) is 49.5 Å². The largest absolute Gasteiger partial charge is 0.369 e. The molecule has 0 radical (unpaired) electrons. The molecule has 2 N–H and O–H groups in total. The van der Waals surface area contributed by atoms with Crippen LogP contribution in [0.2, 0.25) is 5.02 Å². The van der Waals surface area contributed by atoms with Gasteiger partial charge in [-0.15, -0.1) is 24.0 Å². The summed E-state index contributed by atoms with van der Waals surface area (Å²) in [6.45, 7) is 8.43. The highest BCUT2D eigenvalue weighted by atomic mass is 127. The van der Waals surface area contributed by atoms with Gasteiger partial charge in [-0.3, -0.25) is 4.99 Å². The lowest BCUT2D eigenvalue weighted by Crippen LogP contribution is -2.44. The first-order valence-corrected chi connectivity index (χ1v) is 10.8. The third-order valence-corrected chi connectivity index (χ3v) is 5.93. The average Bonchev–Trinajstić information content (AvgIpc) is 3.12. The summed E-state index contributed by atoms with van der Waals surface area (Å²) in [4.78, 5) is 9.67. The Kier molecular flexibility index (Phi) is 10.2. The normalized spacial score (nSPS) is 21.5. The summed E-state index contributed by atoms with van der Waals surface area (Å²) in [5.41, 5.74) is 1.20. The number of nitrogens with zero attached hydrogens (tertiary/aromatic N) is 3. The van der Waals surface area contributed by atoms with Gasteiger partial charge in [-0.05, 0) is 76.9 Å². The van der Waals surface area contributed by atoms with Crippen molar-refractivity contribution in [1.82, 2.24) is 15.5 Å². The predicted molar refractivity (Wildman–Crippen MR) is 131 cm³/mol. The van der Waals surface area contributed by atoms with Gasteiger partial charge in [0.15, 0.2) is 5.96 Å². The molecule has 0 aromatic heterocycles. The Hall–Kier alpha value is -0.730. The SMILES string of the molecule is CCNC(=NCCC1CCN(C)CC1)NC1CCN(c2cccc(Cl)c2)C1.I. The number of guanidine groups is 1. The second kappa shape index (κ2) is 12.1. The number of piperidine rings is 1. The van der Waals surface area contributed by atoms with Crippen LogP contribution in [0.4, 0.5) is 5.69 Å². The lowest BCUT2D eigenvalue weighted by atomic mass is 9.94. The third kappa shape index (κ3) is 7.26. The predicted octanol–water partition coefficient (Wildman–Crippen LogP) is 3.82. The summed E-state index contributed by atoms with van der Waals surface area (Å²) in [5.74, 6) is 1.79. The molecule has 2 aliphatic rings. The van der Waals surface area contributed by atoms with Gasteiger partial charge in [0.1, 0.15) is 0 Å². The van der Waals surface area contributed by atoms with Crippen LogP contribution in [-0.4, -0.2) is 63.2 Å². The van der Waals surface area contributed by atoms with Crippen molar-refractivity contribution >= 4 is 47.2 Å². The molecule has 5 nitrogen and oxygen atoms in total. The van der Waals surface area contributed by atoms with Crippen molar-refractivity contribution in [3.63, 3.8) is 0 Å². The van der Waals surface area contributed by atoms with Crippen molar-refractivity contribution in [2.24, 2.45) is 10.9 Å². The molecule has 0 amide bonds. The van der Waals surface area contributed by atoms with Gasteiger partial charge in [0, 0.05) is 42.9 Å². The fourth-order valence-electron chi connectivity index (χ4n) is 4.01. The minimum Gasteiger partial charge on any atom is -0.369 e. The number of nitrogens with one attached hydrogen (secondary N) is 2. The smallest absolute Gasteiger partial charge is 0.191 e. The summed E-state index contributed by atoms with van der Waals surface area (Å²) in [6, 6.07) is 8.55. The zero-order valence-corrected chi connectivity index (χ0v) is 20.2. The van der Waals surface area contributed by atoms with Gasteiger partial charge in [0.05, 0.1) is 0 Å². The minimum absolute atomic E-state index is 0. The van der Waals surface area contributed by atoms with E-state index in [1.807, 2.05) is 18.2 Å². The number of anilines is 1. The maximum absolute atomic E-state index is 6.14. The van der Waals surface area contributed by atoms with E-state index in [2.05, 4.69) is 40.5 Å². The fraction of sp³-hybridized carbons (Fsp3) is 0.667. The first-order valence-electron chi connectivity index (χ1n) is 10.4. The molecule has 28 heavy (non-hydrogen) atoms. The van der Waals surface area contributed by atoms with E-state index in [0.29, 0.717) is 6.04 Å². The van der Waals surface area contributed by atoms with Crippen molar-refractivity contribution < 1.29 is 0 Å². The van der Waals surface area contributed by atoms with Crippen LogP contribution in [0.5, 0.6) is 0 Å². The molecule has 0 spiro atoms. The monoisotopic (exact) mass is 519 g/mol. The summed E-state index contributed by atoms with van der Waals surface area (Å²) >= 11 is 6.14. The van der Waals surface area contributed by atoms with Gasteiger partial charge in [0.2, 0.25) is 0 Å². The Morgan fingerprint density at radius 1 is 1.21 bits per heavy atom. The highest BCUT2D eigenvalue weighted by Gasteiger charge is 2.23. The molecule has 2 fully saturated rings. The molecule has 158 valence electrons. The third-order valence-electron chi connectivity index (χ3n) is 5.69. The van der Waals surface area contributed by atoms with Gasteiger partial charge in [-0.25, -0.2) is 0 Å². The van der Waals surface area contributed by atoms with E-state index in [4.69, 9.17) is 16.6 Å². The molecule has 1 aromatic carbocycles. The van der Waals surface area contributed by atoms with Crippen LogP contribution in [-0.2, 0) is 0 Å². The molecule has 1 atom stereocenters. The highest BCUT2D eigenvalue weighted by Crippen LogP contribution is 2.23. The van der Waals surface area contributed by atoms with Gasteiger partial charge in [-0.1, -0.05) is 17.7 Å². The summed E-state index contributed by atoms with van der Waals surface area (Å²) < 4.78 is 0. The quantitative estimate of drug-likeness (QED) is 0.341. The van der Waals surface area contributed by atoms with Crippen LogP contribution in [0.1, 0.15) is 32.6 Å². The van der Waals surface area contributed by atoms with Gasteiger partial charge in [-0.2, -0.15) is 0 Å². The lowest BCUT2D eigenvalue weighted by Gasteiger charge is -2.28. The van der Waals surface area contributed by atoms with E-state index >= 15 is 0 Å². The first kappa shape index (κ1) is 23.5. The summed E-state index contributed by atoms with van der Waals surface area (Å²) in [5, 5.41) is 7.84. The van der Waals surface area contributed by atoms with E-state index in [1.165, 1.54) is 38.0 Å². The fourth-order valence-corrected chi connectivity index (χ4v) is 4.19. The number of hydrogen-bond donors (Lipinski definition) is 2. The van der Waals surface area contributed by atoms with Crippen molar-refractivity contribution in [2.45, 2.75) is 38.6 Å². The maximum atomic E-state index is 6.14. The number of benzene rings is 1. The number of likely N-dealkylation sites (tertiary alicyclic amines) is 1. The first-order chi connectivity index (χ1) is 13.1. The highest BCUT2D eigenvalue weighted by molar-refractivity contribution is 14.0. The van der Waals surface area contributed by atoms with Gasteiger partial charge < -0.3 is 20.4 Å². The number of halogens is 2. The number of aliphatic imine (C=N–C) groups is 1. The van der Waals surface area contributed by atoms with Crippen LogP contribution in [0.3, 0.4) is 0 Å². The van der Waals surface area contributed by atoms with Crippen LogP contribution < -0.4 is 15.5 Å². The Morgan fingerprint density at radius 2 is 2.00 bits per heavy atom. The summed E-state index contributed by atoms with van der Waals surface area (Å²) in [6.07, 6.45) is 4.94. The van der Waals surface area contributed by atoms with E-state index in [1.54, 1.807) is 0 Å². The second-order valence-corrected chi connectivity index (χ2v) is 8.29. The van der Waals surface area contributed by atoms with Crippen molar-refractivity contribution in [2.75, 3.05) is 51.2 Å². The molecule has 2 saturated heterocycles. The molecule has 0 saturated carbocycles. The molecule has 2 aliphatic heterocycles. The Bertz CT molecular complexity index is 619. The van der Waals surface area contributed by atoms with Crippen LogP contribution in [0.15, 0.2) is 29.3 Å². The van der Waals surface area contributed by atoms with E-state index in [-0.39, 0.29) is 24.0 Å². The molecule has 7 heteroatoms. The molecule has 0 aliphatic carbocycles. The van der Waals surface area contributed by atoms with Gasteiger partial charge in [0.25, 0.3) is 0 Å². The zero-order chi connectivity index (χ0) is 19.1. The second-order valence-electron chi connectivity index (χ2n) is 7.85. The molecule has 3 rings (SSSR count). The lowest BCUT2D eigenvalue weighted by molar-refractivity contribution is 0.214. The van der Waals surface area contributed by atoms with Crippen LogP contribution >= 0.6 is 35.6 Å². The molecule has 1 unspecified atom stereocenters. The van der Waals surface area contributed by atoms with Crippen LogP contribution in [0, 0.1) is 5.92 Å². The molecule has 1 aromatic rings. The molecular formula is C21H35ClIN5. The number of hydrogen-bond acceptors (Lipinski definition) is 3. The summed E-state index contributed by atoms with van der Waals surface area (Å²) in [7, 11) is 2.22. The van der Waals surface area contributed by atoms with Crippen molar-refractivity contribution in [3.8, 4) is 0 Å². The maximum Gasteiger partial charge on any atom is 0.191 e. The van der Waals surface area contributed by atoms with Crippen molar-refractivity contribution in [1.29, 1.82) is 0 Å². The molecule has 0 bridgehead atoms. The zero-order valence-electron chi connectivity index (χ0n) is 17.2. The Labute approximate surface area is 192 Å². The molecular weight excluding hydrogens is 485 g/mol. The Balaban J connectivity index is 0.00000280. The minimum atomic E-state index is 0. The Morgan fingerprint density at radius 3 is 2.71 bits per heavy atom. The average molecular weight is 520 g/mol.